The molecule has 0 bridgehead atoms. The molecule has 0 aliphatic carbocycles. The lowest BCUT2D eigenvalue weighted by molar-refractivity contribution is -0.121. The number of anilines is 1. The molecule has 2 aliphatic rings. The monoisotopic (exact) mass is 382 g/mol. The number of para-hydroxylation sites is 1. The smallest absolute Gasteiger partial charge is 0.282 e. The summed E-state index contributed by atoms with van der Waals surface area (Å²) in [6.07, 6.45) is 0. The van der Waals surface area contributed by atoms with Gasteiger partial charge in [0.15, 0.2) is 0 Å². The molecule has 1 saturated heterocycles. The highest BCUT2D eigenvalue weighted by Gasteiger charge is 2.43. The van der Waals surface area contributed by atoms with Gasteiger partial charge in [-0.2, -0.15) is 0 Å². The molecule has 0 saturated carbocycles. The van der Waals surface area contributed by atoms with E-state index in [1.807, 2.05) is 4.90 Å². The zero-order valence-corrected chi connectivity index (χ0v) is 15.4. The molecule has 1 fully saturated rings. The Morgan fingerprint density at radius 3 is 2.46 bits per heavy atom. The standard InChI is InChI=1S/C21H19FN2O4/c1-27-17-8-3-2-7-16(17)18-19(23-9-11-28-12-10-23)21(26)24(20(18)25)15-6-4-5-14(22)13-15/h2-8,13H,9-12H2,1H3. The number of halogens is 1. The topological polar surface area (TPSA) is 59.1 Å². The van der Waals surface area contributed by atoms with Crippen molar-refractivity contribution in [2.24, 2.45) is 0 Å². The van der Waals surface area contributed by atoms with Gasteiger partial charge >= 0.3 is 0 Å². The number of hydrogen-bond donors (Lipinski definition) is 0. The Morgan fingerprint density at radius 1 is 1.00 bits per heavy atom. The third-order valence-electron chi connectivity index (χ3n) is 4.83. The van der Waals surface area contributed by atoms with Crippen molar-refractivity contribution in [3.8, 4) is 5.75 Å². The van der Waals surface area contributed by atoms with Gasteiger partial charge in [0.2, 0.25) is 0 Å². The quantitative estimate of drug-likeness (QED) is 0.761. The first-order valence-electron chi connectivity index (χ1n) is 8.96. The summed E-state index contributed by atoms with van der Waals surface area (Å²) in [4.78, 5) is 29.5. The van der Waals surface area contributed by atoms with Crippen LogP contribution in [0.4, 0.5) is 10.1 Å². The van der Waals surface area contributed by atoms with E-state index in [4.69, 9.17) is 9.47 Å². The lowest BCUT2D eigenvalue weighted by atomic mass is 10.0. The fraction of sp³-hybridized carbons (Fsp3) is 0.238. The van der Waals surface area contributed by atoms with Crippen LogP contribution < -0.4 is 9.64 Å². The largest absolute Gasteiger partial charge is 0.496 e. The third-order valence-corrected chi connectivity index (χ3v) is 4.83. The van der Waals surface area contributed by atoms with Crippen molar-refractivity contribution in [3.63, 3.8) is 0 Å². The van der Waals surface area contributed by atoms with Crippen LogP contribution in [0.15, 0.2) is 54.2 Å². The van der Waals surface area contributed by atoms with Crippen molar-refractivity contribution in [1.82, 2.24) is 4.90 Å². The lowest BCUT2D eigenvalue weighted by Gasteiger charge is -2.29. The average molecular weight is 382 g/mol. The SMILES string of the molecule is COc1ccccc1C1=C(N2CCOCC2)C(=O)N(c2cccc(F)c2)C1=O. The lowest BCUT2D eigenvalue weighted by Crippen LogP contribution is -2.40. The van der Waals surface area contributed by atoms with Gasteiger partial charge in [-0.3, -0.25) is 9.59 Å². The Morgan fingerprint density at radius 2 is 1.75 bits per heavy atom. The highest BCUT2D eigenvalue weighted by molar-refractivity contribution is 6.45. The molecule has 2 heterocycles. The van der Waals surface area contributed by atoms with Crippen LogP contribution in [-0.4, -0.2) is 50.1 Å². The van der Waals surface area contributed by atoms with Crippen LogP contribution in [0.5, 0.6) is 5.75 Å². The molecule has 0 N–H and O–H groups in total. The minimum atomic E-state index is -0.517. The summed E-state index contributed by atoms with van der Waals surface area (Å²) in [6.45, 7) is 1.91. The number of imide groups is 1. The fourth-order valence-corrected chi connectivity index (χ4v) is 3.54. The molecule has 7 heteroatoms. The van der Waals surface area contributed by atoms with Crippen molar-refractivity contribution >= 4 is 23.1 Å². The number of methoxy groups -OCH3 is 1. The predicted octanol–water partition coefficient (Wildman–Crippen LogP) is 2.45. The van der Waals surface area contributed by atoms with E-state index in [0.717, 1.165) is 4.90 Å². The molecule has 2 aromatic rings. The number of amides is 2. The van der Waals surface area contributed by atoms with Gasteiger partial charge in [0.1, 0.15) is 17.3 Å². The van der Waals surface area contributed by atoms with Crippen LogP contribution in [0.1, 0.15) is 5.56 Å². The second kappa shape index (κ2) is 7.44. The Hall–Kier alpha value is -3.19. The average Bonchev–Trinajstić information content (AvgIpc) is 2.98. The summed E-state index contributed by atoms with van der Waals surface area (Å²) in [5, 5.41) is 0. The van der Waals surface area contributed by atoms with E-state index in [9.17, 15) is 14.0 Å². The van der Waals surface area contributed by atoms with E-state index in [1.54, 1.807) is 30.3 Å². The fourth-order valence-electron chi connectivity index (χ4n) is 3.54. The summed E-state index contributed by atoms with van der Waals surface area (Å²) >= 11 is 0. The Kier molecular flexibility index (Phi) is 4.83. The van der Waals surface area contributed by atoms with E-state index in [1.165, 1.54) is 25.3 Å². The molecule has 2 aliphatic heterocycles. The van der Waals surface area contributed by atoms with Gasteiger partial charge in [0.25, 0.3) is 11.8 Å². The number of hydrogen-bond acceptors (Lipinski definition) is 5. The molecule has 2 aromatic carbocycles. The molecular weight excluding hydrogens is 363 g/mol. The maximum atomic E-state index is 13.8. The zero-order chi connectivity index (χ0) is 19.7. The molecule has 6 nitrogen and oxygen atoms in total. The van der Waals surface area contributed by atoms with E-state index in [0.29, 0.717) is 43.3 Å². The normalized spacial score (nSPS) is 17.5. The van der Waals surface area contributed by atoms with Gasteiger partial charge in [-0.15, -0.1) is 0 Å². The maximum absolute atomic E-state index is 13.8. The van der Waals surface area contributed by atoms with Crippen molar-refractivity contribution < 1.29 is 23.5 Å². The number of benzene rings is 2. The number of rotatable bonds is 4. The van der Waals surface area contributed by atoms with Crippen molar-refractivity contribution in [3.05, 3.63) is 65.6 Å². The van der Waals surface area contributed by atoms with Gasteiger partial charge in [-0.05, 0) is 24.3 Å². The summed E-state index contributed by atoms with van der Waals surface area (Å²) in [5.74, 6) is -0.998. The summed E-state index contributed by atoms with van der Waals surface area (Å²) in [6, 6.07) is 12.5. The molecule has 0 spiro atoms. The van der Waals surface area contributed by atoms with E-state index in [2.05, 4.69) is 0 Å². The van der Waals surface area contributed by atoms with Crippen LogP contribution in [0.25, 0.3) is 5.57 Å². The molecule has 4 rings (SSSR count). The molecule has 144 valence electrons. The molecule has 0 aromatic heterocycles. The van der Waals surface area contributed by atoms with Crippen LogP contribution in [0.3, 0.4) is 0 Å². The Labute approximate surface area is 161 Å². The summed E-state index contributed by atoms with van der Waals surface area (Å²) in [5.41, 5.74) is 1.28. The van der Waals surface area contributed by atoms with Crippen molar-refractivity contribution in [1.29, 1.82) is 0 Å². The van der Waals surface area contributed by atoms with Crippen molar-refractivity contribution in [2.45, 2.75) is 0 Å². The zero-order valence-electron chi connectivity index (χ0n) is 15.4. The van der Waals surface area contributed by atoms with Gasteiger partial charge in [0, 0.05) is 18.7 Å². The van der Waals surface area contributed by atoms with Gasteiger partial charge < -0.3 is 14.4 Å². The van der Waals surface area contributed by atoms with E-state index in [-0.39, 0.29) is 11.3 Å². The molecule has 2 amide bonds. The highest BCUT2D eigenvalue weighted by atomic mass is 19.1. The van der Waals surface area contributed by atoms with Crippen molar-refractivity contribution in [2.75, 3.05) is 38.3 Å². The predicted molar refractivity (Wildman–Crippen MR) is 101 cm³/mol. The first-order valence-corrected chi connectivity index (χ1v) is 8.96. The maximum Gasteiger partial charge on any atom is 0.282 e. The number of carbonyl (C=O) groups excluding carboxylic acids is 2. The molecular formula is C21H19FN2O4. The highest BCUT2D eigenvalue weighted by Crippen LogP contribution is 2.38. The van der Waals surface area contributed by atoms with Gasteiger partial charge in [-0.1, -0.05) is 24.3 Å². The Bertz CT molecular complexity index is 966. The number of carbonyl (C=O) groups is 2. The minimum absolute atomic E-state index is 0.200. The molecule has 0 unspecified atom stereocenters. The number of ether oxygens (including phenoxy) is 2. The number of nitrogens with zero attached hydrogens (tertiary/aromatic N) is 2. The second-order valence-electron chi connectivity index (χ2n) is 6.45. The van der Waals surface area contributed by atoms with Gasteiger partial charge in [-0.25, -0.2) is 9.29 Å². The summed E-state index contributed by atoms with van der Waals surface area (Å²) in [7, 11) is 1.51. The van der Waals surface area contributed by atoms with Gasteiger partial charge in [0.05, 0.1) is 31.6 Å². The third kappa shape index (κ3) is 3.03. The summed E-state index contributed by atoms with van der Waals surface area (Å²) < 4.78 is 24.6. The number of morpholine rings is 1. The Balaban J connectivity index is 1.87. The molecule has 0 radical (unpaired) electrons. The minimum Gasteiger partial charge on any atom is -0.496 e. The van der Waals surface area contributed by atoms with E-state index >= 15 is 0 Å². The van der Waals surface area contributed by atoms with Crippen LogP contribution in [0.2, 0.25) is 0 Å². The van der Waals surface area contributed by atoms with Crippen LogP contribution in [-0.2, 0) is 14.3 Å². The van der Waals surface area contributed by atoms with Crippen LogP contribution >= 0.6 is 0 Å². The second-order valence-corrected chi connectivity index (χ2v) is 6.45. The first-order chi connectivity index (χ1) is 13.6. The molecule has 28 heavy (non-hydrogen) atoms. The van der Waals surface area contributed by atoms with Crippen LogP contribution in [0, 0.1) is 5.82 Å². The molecule has 0 atom stereocenters. The van der Waals surface area contributed by atoms with E-state index < -0.39 is 17.6 Å². The first kappa shape index (κ1) is 18.2.